The number of amides is 1. The van der Waals surface area contributed by atoms with E-state index in [-0.39, 0.29) is 17.5 Å². The standard InChI is InChI=1S/C15H15F2N3O/c1-19-9-11(8-18-19)14-3-2-6-20(14)15(21)10-4-5-12(16)13(17)7-10/h4-5,7-9,14H,2-3,6H2,1H3. The second kappa shape index (κ2) is 5.27. The Kier molecular flexibility index (Phi) is 3.45. The molecule has 4 nitrogen and oxygen atoms in total. The molecule has 0 spiro atoms. The Bertz CT molecular complexity index is 683. The highest BCUT2D eigenvalue weighted by Gasteiger charge is 2.31. The molecule has 2 heterocycles. The van der Waals surface area contributed by atoms with Crippen LogP contribution in [0.25, 0.3) is 0 Å². The maximum atomic E-state index is 13.3. The molecular weight excluding hydrogens is 276 g/mol. The molecule has 1 amide bonds. The average Bonchev–Trinajstić information content (AvgIpc) is 3.09. The smallest absolute Gasteiger partial charge is 0.254 e. The van der Waals surface area contributed by atoms with Gasteiger partial charge in [-0.2, -0.15) is 5.10 Å². The first-order valence-corrected chi connectivity index (χ1v) is 6.81. The Balaban J connectivity index is 1.87. The summed E-state index contributed by atoms with van der Waals surface area (Å²) in [5.74, 6) is -2.23. The van der Waals surface area contributed by atoms with E-state index in [4.69, 9.17) is 0 Å². The van der Waals surface area contributed by atoms with Gasteiger partial charge in [-0.05, 0) is 31.0 Å². The summed E-state index contributed by atoms with van der Waals surface area (Å²) in [7, 11) is 1.82. The lowest BCUT2D eigenvalue weighted by Gasteiger charge is -2.24. The van der Waals surface area contributed by atoms with Crippen molar-refractivity contribution >= 4 is 5.91 Å². The number of hydrogen-bond acceptors (Lipinski definition) is 2. The van der Waals surface area contributed by atoms with Gasteiger partial charge in [-0.15, -0.1) is 0 Å². The second-order valence-corrected chi connectivity index (χ2v) is 5.23. The van der Waals surface area contributed by atoms with Crippen molar-refractivity contribution in [2.75, 3.05) is 6.54 Å². The lowest BCUT2D eigenvalue weighted by molar-refractivity contribution is 0.0735. The van der Waals surface area contributed by atoms with E-state index in [1.165, 1.54) is 6.07 Å². The zero-order valence-electron chi connectivity index (χ0n) is 11.6. The van der Waals surface area contributed by atoms with Gasteiger partial charge in [0.05, 0.1) is 12.2 Å². The minimum Gasteiger partial charge on any atom is -0.331 e. The summed E-state index contributed by atoms with van der Waals surface area (Å²) in [6.45, 7) is 0.609. The van der Waals surface area contributed by atoms with Gasteiger partial charge in [0.1, 0.15) is 0 Å². The van der Waals surface area contributed by atoms with Crippen LogP contribution in [0.5, 0.6) is 0 Å². The molecule has 1 aliphatic rings. The fourth-order valence-electron chi connectivity index (χ4n) is 2.76. The van der Waals surface area contributed by atoms with E-state index in [1.54, 1.807) is 15.8 Å². The van der Waals surface area contributed by atoms with Crippen molar-refractivity contribution in [1.82, 2.24) is 14.7 Å². The highest BCUT2D eigenvalue weighted by molar-refractivity contribution is 5.94. The molecule has 0 N–H and O–H groups in total. The number of benzene rings is 1. The highest BCUT2D eigenvalue weighted by Crippen LogP contribution is 2.32. The average molecular weight is 291 g/mol. The van der Waals surface area contributed by atoms with Crippen LogP contribution in [-0.2, 0) is 7.05 Å². The SMILES string of the molecule is Cn1cc(C2CCCN2C(=O)c2ccc(F)c(F)c2)cn1. The second-order valence-electron chi connectivity index (χ2n) is 5.23. The first-order valence-electron chi connectivity index (χ1n) is 6.81. The summed E-state index contributed by atoms with van der Waals surface area (Å²) in [6, 6.07) is 3.20. The quantitative estimate of drug-likeness (QED) is 0.853. The van der Waals surface area contributed by atoms with Crippen molar-refractivity contribution in [2.45, 2.75) is 18.9 Å². The third kappa shape index (κ3) is 2.53. The lowest BCUT2D eigenvalue weighted by Crippen LogP contribution is -2.30. The zero-order chi connectivity index (χ0) is 15.0. The Morgan fingerprint density at radius 2 is 2.14 bits per heavy atom. The molecule has 1 aliphatic heterocycles. The number of carbonyl (C=O) groups excluding carboxylic acids is 1. The maximum absolute atomic E-state index is 13.3. The van der Waals surface area contributed by atoms with E-state index >= 15 is 0 Å². The van der Waals surface area contributed by atoms with Crippen LogP contribution in [0.4, 0.5) is 8.78 Å². The number of nitrogens with zero attached hydrogens (tertiary/aromatic N) is 3. The Morgan fingerprint density at radius 1 is 1.33 bits per heavy atom. The molecular formula is C15H15F2N3O. The Labute approximate surface area is 121 Å². The van der Waals surface area contributed by atoms with Crippen molar-refractivity contribution in [1.29, 1.82) is 0 Å². The molecule has 6 heteroatoms. The molecule has 0 aliphatic carbocycles. The van der Waals surface area contributed by atoms with Crippen LogP contribution >= 0.6 is 0 Å². The van der Waals surface area contributed by atoms with Gasteiger partial charge in [-0.1, -0.05) is 0 Å². The molecule has 21 heavy (non-hydrogen) atoms. The van der Waals surface area contributed by atoms with Gasteiger partial charge in [0, 0.05) is 30.9 Å². The number of rotatable bonds is 2. The van der Waals surface area contributed by atoms with Gasteiger partial charge in [0.25, 0.3) is 5.91 Å². The Hall–Kier alpha value is -2.24. The number of aryl methyl sites for hydroxylation is 1. The number of likely N-dealkylation sites (tertiary alicyclic amines) is 1. The van der Waals surface area contributed by atoms with Crippen molar-refractivity contribution < 1.29 is 13.6 Å². The van der Waals surface area contributed by atoms with Crippen LogP contribution in [0.3, 0.4) is 0 Å². The van der Waals surface area contributed by atoms with Crippen LogP contribution in [0.2, 0.25) is 0 Å². The van der Waals surface area contributed by atoms with Crippen LogP contribution in [-0.4, -0.2) is 27.1 Å². The van der Waals surface area contributed by atoms with E-state index in [2.05, 4.69) is 5.10 Å². The van der Waals surface area contributed by atoms with Gasteiger partial charge in [-0.25, -0.2) is 8.78 Å². The fraction of sp³-hybridized carbons (Fsp3) is 0.333. The van der Waals surface area contributed by atoms with E-state index < -0.39 is 11.6 Å². The molecule has 0 bridgehead atoms. The fourth-order valence-corrected chi connectivity index (χ4v) is 2.76. The summed E-state index contributed by atoms with van der Waals surface area (Å²) >= 11 is 0. The molecule has 1 aromatic carbocycles. The molecule has 1 unspecified atom stereocenters. The molecule has 0 radical (unpaired) electrons. The normalized spacial score (nSPS) is 18.2. The zero-order valence-corrected chi connectivity index (χ0v) is 11.6. The molecule has 1 aromatic heterocycles. The summed E-state index contributed by atoms with van der Waals surface area (Å²) in [5, 5.41) is 4.12. The minimum absolute atomic E-state index is 0.0562. The molecule has 1 atom stereocenters. The molecule has 110 valence electrons. The van der Waals surface area contributed by atoms with Crippen LogP contribution in [0.1, 0.15) is 34.8 Å². The largest absolute Gasteiger partial charge is 0.331 e. The van der Waals surface area contributed by atoms with Gasteiger partial charge >= 0.3 is 0 Å². The van der Waals surface area contributed by atoms with Crippen molar-refractivity contribution in [2.24, 2.45) is 7.05 Å². The highest BCUT2D eigenvalue weighted by atomic mass is 19.2. The summed E-state index contributed by atoms with van der Waals surface area (Å²) in [5.41, 5.74) is 1.13. The predicted molar refractivity (Wildman–Crippen MR) is 72.6 cm³/mol. The molecule has 0 saturated carbocycles. The van der Waals surface area contributed by atoms with Crippen molar-refractivity contribution in [3.8, 4) is 0 Å². The minimum atomic E-state index is -1.00. The first kappa shape index (κ1) is 13.7. The number of aromatic nitrogens is 2. The van der Waals surface area contributed by atoms with Gasteiger partial charge in [-0.3, -0.25) is 9.48 Å². The van der Waals surface area contributed by atoms with Gasteiger partial charge < -0.3 is 4.90 Å². The van der Waals surface area contributed by atoms with E-state index in [0.29, 0.717) is 6.54 Å². The van der Waals surface area contributed by atoms with Crippen molar-refractivity contribution in [3.05, 3.63) is 53.4 Å². The first-order chi connectivity index (χ1) is 10.1. The molecule has 3 rings (SSSR count). The predicted octanol–water partition coefficient (Wildman–Crippen LogP) is 2.68. The van der Waals surface area contributed by atoms with Gasteiger partial charge in [0.2, 0.25) is 0 Å². The van der Waals surface area contributed by atoms with Crippen LogP contribution in [0, 0.1) is 11.6 Å². The van der Waals surface area contributed by atoms with E-state index in [9.17, 15) is 13.6 Å². The maximum Gasteiger partial charge on any atom is 0.254 e. The summed E-state index contributed by atoms with van der Waals surface area (Å²) in [6.07, 6.45) is 5.35. The molecule has 2 aromatic rings. The third-order valence-electron chi connectivity index (χ3n) is 3.79. The van der Waals surface area contributed by atoms with Gasteiger partial charge in [0.15, 0.2) is 11.6 Å². The third-order valence-corrected chi connectivity index (χ3v) is 3.79. The van der Waals surface area contributed by atoms with E-state index in [0.717, 1.165) is 30.5 Å². The number of hydrogen-bond donors (Lipinski definition) is 0. The monoisotopic (exact) mass is 291 g/mol. The lowest BCUT2D eigenvalue weighted by atomic mass is 10.1. The summed E-state index contributed by atoms with van der Waals surface area (Å²) in [4.78, 5) is 14.2. The van der Waals surface area contributed by atoms with E-state index in [1.807, 2.05) is 13.2 Å². The Morgan fingerprint density at radius 3 is 2.81 bits per heavy atom. The van der Waals surface area contributed by atoms with Crippen LogP contribution < -0.4 is 0 Å². The number of halogens is 2. The van der Waals surface area contributed by atoms with Crippen LogP contribution in [0.15, 0.2) is 30.6 Å². The van der Waals surface area contributed by atoms with Crippen molar-refractivity contribution in [3.63, 3.8) is 0 Å². The molecule has 1 saturated heterocycles. The number of carbonyl (C=O) groups is 1. The summed E-state index contributed by atoms with van der Waals surface area (Å²) < 4.78 is 28.0. The topological polar surface area (TPSA) is 38.1 Å². The molecule has 1 fully saturated rings.